The maximum Gasteiger partial charge on any atom is 0.207 e. The molecule has 4 nitrogen and oxygen atoms in total. The van der Waals surface area contributed by atoms with Gasteiger partial charge in [0.05, 0.1) is 5.69 Å². The first kappa shape index (κ1) is 13.6. The summed E-state index contributed by atoms with van der Waals surface area (Å²) in [5, 5.41) is 3.35. The minimum absolute atomic E-state index is 0.815. The third-order valence-corrected chi connectivity index (χ3v) is 2.92. The van der Waals surface area contributed by atoms with Crippen LogP contribution in [-0.2, 0) is 11.3 Å². The van der Waals surface area contributed by atoms with Gasteiger partial charge in [0.2, 0.25) is 5.95 Å². The number of aryl methyl sites for hydroxylation is 2. The molecule has 2 aromatic rings. The van der Waals surface area contributed by atoms with Crippen LogP contribution in [0.5, 0.6) is 0 Å². The molecule has 0 aliphatic rings. The summed E-state index contributed by atoms with van der Waals surface area (Å²) in [7, 11) is 1.74. The molecule has 2 rings (SSSR count). The summed E-state index contributed by atoms with van der Waals surface area (Å²) < 4.78 is 7.24. The summed E-state index contributed by atoms with van der Waals surface area (Å²) in [6.45, 7) is 3.79. The first-order valence-corrected chi connectivity index (χ1v) is 6.64. The Morgan fingerprint density at radius 3 is 2.74 bits per heavy atom. The number of imidazole rings is 1. The van der Waals surface area contributed by atoms with Gasteiger partial charge >= 0.3 is 0 Å². The fraction of sp³-hybridized carbons (Fsp3) is 0.400. The Morgan fingerprint density at radius 2 is 2.00 bits per heavy atom. The van der Waals surface area contributed by atoms with Gasteiger partial charge in [-0.2, -0.15) is 0 Å². The predicted octanol–water partition coefficient (Wildman–Crippen LogP) is 3.36. The van der Waals surface area contributed by atoms with Crippen LogP contribution in [0.15, 0.2) is 36.5 Å². The van der Waals surface area contributed by atoms with Gasteiger partial charge in [0.1, 0.15) is 0 Å². The minimum Gasteiger partial charge on any atom is -0.385 e. The second-order valence-electron chi connectivity index (χ2n) is 4.59. The number of ether oxygens (including phenoxy) is 1. The number of para-hydroxylation sites is 1. The number of unbranched alkanes of at least 4 members (excludes halogenated alkanes) is 1. The van der Waals surface area contributed by atoms with Gasteiger partial charge in [-0.25, -0.2) is 4.98 Å². The molecule has 0 fully saturated rings. The van der Waals surface area contributed by atoms with Crippen molar-refractivity contribution in [1.82, 2.24) is 9.55 Å². The van der Waals surface area contributed by atoms with E-state index in [0.717, 1.165) is 43.3 Å². The molecule has 0 aliphatic carbocycles. The Balaban J connectivity index is 2.00. The van der Waals surface area contributed by atoms with Crippen molar-refractivity contribution >= 4 is 11.6 Å². The monoisotopic (exact) mass is 259 g/mol. The van der Waals surface area contributed by atoms with E-state index in [1.165, 1.54) is 0 Å². The van der Waals surface area contributed by atoms with E-state index in [9.17, 15) is 0 Å². The first-order valence-electron chi connectivity index (χ1n) is 6.64. The molecule has 0 spiro atoms. The number of rotatable bonds is 7. The molecule has 102 valence electrons. The van der Waals surface area contributed by atoms with Crippen LogP contribution in [0, 0.1) is 6.92 Å². The van der Waals surface area contributed by atoms with Gasteiger partial charge in [-0.05, 0) is 31.9 Å². The largest absolute Gasteiger partial charge is 0.385 e. The van der Waals surface area contributed by atoms with E-state index in [-0.39, 0.29) is 0 Å². The molecule has 1 aromatic carbocycles. The van der Waals surface area contributed by atoms with Crippen LogP contribution in [0.3, 0.4) is 0 Å². The highest BCUT2D eigenvalue weighted by Crippen LogP contribution is 2.16. The number of aromatic nitrogens is 2. The molecule has 0 aliphatic heterocycles. The Bertz CT molecular complexity index is 493. The summed E-state index contributed by atoms with van der Waals surface area (Å²) >= 11 is 0. The molecule has 19 heavy (non-hydrogen) atoms. The van der Waals surface area contributed by atoms with E-state index in [2.05, 4.69) is 21.1 Å². The van der Waals surface area contributed by atoms with Crippen LogP contribution < -0.4 is 5.32 Å². The lowest BCUT2D eigenvalue weighted by molar-refractivity contribution is 0.191. The zero-order valence-corrected chi connectivity index (χ0v) is 11.6. The van der Waals surface area contributed by atoms with Crippen molar-refractivity contribution in [2.75, 3.05) is 19.0 Å². The molecule has 0 saturated heterocycles. The second kappa shape index (κ2) is 6.95. The standard InChI is InChI=1S/C15H21N3O/c1-13-12-18(10-6-7-11-19-2)15(16-13)17-14-8-4-3-5-9-14/h3-5,8-9,12H,6-7,10-11H2,1-2H3,(H,16,17). The number of anilines is 2. The number of benzene rings is 1. The maximum atomic E-state index is 5.07. The zero-order chi connectivity index (χ0) is 13.5. The number of hydrogen-bond acceptors (Lipinski definition) is 3. The predicted molar refractivity (Wildman–Crippen MR) is 77.8 cm³/mol. The molecule has 4 heteroatoms. The van der Waals surface area contributed by atoms with E-state index in [0.29, 0.717) is 0 Å². The van der Waals surface area contributed by atoms with Crippen LogP contribution >= 0.6 is 0 Å². The van der Waals surface area contributed by atoms with Crippen LogP contribution in [0.25, 0.3) is 0 Å². The lowest BCUT2D eigenvalue weighted by Crippen LogP contribution is -2.04. The Morgan fingerprint density at radius 1 is 1.21 bits per heavy atom. The average molecular weight is 259 g/mol. The van der Waals surface area contributed by atoms with E-state index in [1.54, 1.807) is 7.11 Å². The van der Waals surface area contributed by atoms with Crippen molar-refractivity contribution in [3.63, 3.8) is 0 Å². The molecule has 0 amide bonds. The van der Waals surface area contributed by atoms with Crippen molar-refractivity contribution in [3.05, 3.63) is 42.2 Å². The fourth-order valence-corrected chi connectivity index (χ4v) is 2.00. The SMILES string of the molecule is COCCCCn1cc(C)nc1Nc1ccccc1. The van der Waals surface area contributed by atoms with Gasteiger partial charge in [0.25, 0.3) is 0 Å². The smallest absolute Gasteiger partial charge is 0.207 e. The molecular weight excluding hydrogens is 238 g/mol. The van der Waals surface area contributed by atoms with Gasteiger partial charge in [0.15, 0.2) is 0 Å². The van der Waals surface area contributed by atoms with Crippen molar-refractivity contribution in [3.8, 4) is 0 Å². The maximum absolute atomic E-state index is 5.07. The molecular formula is C15H21N3O. The molecule has 0 unspecified atom stereocenters. The molecule has 0 atom stereocenters. The summed E-state index contributed by atoms with van der Waals surface area (Å²) in [4.78, 5) is 4.53. The number of hydrogen-bond donors (Lipinski definition) is 1. The van der Waals surface area contributed by atoms with E-state index in [1.807, 2.05) is 37.3 Å². The number of nitrogens with zero attached hydrogens (tertiary/aromatic N) is 2. The molecule has 0 bridgehead atoms. The van der Waals surface area contributed by atoms with Gasteiger partial charge in [-0.15, -0.1) is 0 Å². The fourth-order valence-electron chi connectivity index (χ4n) is 2.00. The molecule has 0 radical (unpaired) electrons. The normalized spacial score (nSPS) is 10.6. The average Bonchev–Trinajstić information content (AvgIpc) is 2.76. The van der Waals surface area contributed by atoms with Crippen molar-refractivity contribution in [2.24, 2.45) is 0 Å². The van der Waals surface area contributed by atoms with Crippen LogP contribution in [0.1, 0.15) is 18.5 Å². The third kappa shape index (κ3) is 4.10. The van der Waals surface area contributed by atoms with Crippen molar-refractivity contribution < 1.29 is 4.74 Å². The van der Waals surface area contributed by atoms with Crippen molar-refractivity contribution in [1.29, 1.82) is 0 Å². The zero-order valence-electron chi connectivity index (χ0n) is 11.6. The second-order valence-corrected chi connectivity index (χ2v) is 4.59. The Labute approximate surface area is 114 Å². The van der Waals surface area contributed by atoms with Gasteiger partial charge < -0.3 is 14.6 Å². The highest BCUT2D eigenvalue weighted by Gasteiger charge is 2.05. The summed E-state index contributed by atoms with van der Waals surface area (Å²) in [5.41, 5.74) is 2.09. The van der Waals surface area contributed by atoms with Crippen LogP contribution in [0.2, 0.25) is 0 Å². The van der Waals surface area contributed by atoms with Crippen LogP contribution in [0.4, 0.5) is 11.6 Å². The van der Waals surface area contributed by atoms with E-state index >= 15 is 0 Å². The highest BCUT2D eigenvalue weighted by molar-refractivity contribution is 5.53. The Kier molecular flexibility index (Phi) is 4.98. The highest BCUT2D eigenvalue weighted by atomic mass is 16.5. The summed E-state index contributed by atoms with van der Waals surface area (Å²) in [6.07, 6.45) is 4.24. The first-order chi connectivity index (χ1) is 9.29. The summed E-state index contributed by atoms with van der Waals surface area (Å²) in [5.74, 6) is 0.904. The lowest BCUT2D eigenvalue weighted by Gasteiger charge is -2.09. The van der Waals surface area contributed by atoms with Gasteiger partial charge in [-0.1, -0.05) is 18.2 Å². The van der Waals surface area contributed by atoms with Gasteiger partial charge in [-0.3, -0.25) is 0 Å². The van der Waals surface area contributed by atoms with Gasteiger partial charge in [0, 0.05) is 32.1 Å². The molecule has 1 heterocycles. The molecule has 0 saturated carbocycles. The van der Waals surface area contributed by atoms with E-state index < -0.39 is 0 Å². The molecule has 1 aromatic heterocycles. The van der Waals surface area contributed by atoms with Crippen LogP contribution in [-0.4, -0.2) is 23.3 Å². The van der Waals surface area contributed by atoms with Crippen molar-refractivity contribution in [2.45, 2.75) is 26.3 Å². The van der Waals surface area contributed by atoms with E-state index in [4.69, 9.17) is 4.74 Å². The third-order valence-electron chi connectivity index (χ3n) is 2.92. The minimum atomic E-state index is 0.815. The Hall–Kier alpha value is -1.81. The lowest BCUT2D eigenvalue weighted by atomic mass is 10.3. The quantitative estimate of drug-likeness (QED) is 0.775. The number of methoxy groups -OCH3 is 1. The number of nitrogens with one attached hydrogen (secondary N) is 1. The summed E-state index contributed by atoms with van der Waals surface area (Å²) in [6, 6.07) is 10.1. The molecule has 1 N–H and O–H groups in total. The topological polar surface area (TPSA) is 39.1 Å².